The van der Waals surface area contributed by atoms with Crippen LogP contribution in [0.15, 0.2) is 28.9 Å². The molecular formula is C14H14BrClN2O2. The fourth-order valence-corrected chi connectivity index (χ4v) is 3.13. The van der Waals surface area contributed by atoms with Gasteiger partial charge in [-0.2, -0.15) is 0 Å². The van der Waals surface area contributed by atoms with E-state index >= 15 is 0 Å². The summed E-state index contributed by atoms with van der Waals surface area (Å²) >= 11 is 9.65. The van der Waals surface area contributed by atoms with Crippen LogP contribution < -0.4 is 0 Å². The monoisotopic (exact) mass is 356 g/mol. The van der Waals surface area contributed by atoms with Crippen molar-refractivity contribution >= 4 is 44.1 Å². The van der Waals surface area contributed by atoms with Gasteiger partial charge in [-0.05, 0) is 31.5 Å². The molecule has 0 amide bonds. The molecule has 0 aliphatic heterocycles. The second kappa shape index (κ2) is 6.06. The highest BCUT2D eigenvalue weighted by atomic mass is 79.9. The van der Waals surface area contributed by atoms with Crippen molar-refractivity contribution in [3.8, 4) is 0 Å². The van der Waals surface area contributed by atoms with E-state index in [9.17, 15) is 10.1 Å². The molecule has 0 radical (unpaired) electrons. The number of aromatic nitrogens is 1. The van der Waals surface area contributed by atoms with E-state index in [1.165, 1.54) is 6.20 Å². The number of hydrogen-bond acceptors (Lipinski definition) is 3. The van der Waals surface area contributed by atoms with Crippen LogP contribution in [0, 0.1) is 10.1 Å². The summed E-state index contributed by atoms with van der Waals surface area (Å²) in [5, 5.41) is 11.9. The van der Waals surface area contributed by atoms with Crippen LogP contribution in [0.1, 0.15) is 31.7 Å². The Morgan fingerprint density at radius 1 is 1.50 bits per heavy atom. The van der Waals surface area contributed by atoms with Crippen molar-refractivity contribution in [2.24, 2.45) is 0 Å². The zero-order valence-corrected chi connectivity index (χ0v) is 13.5. The largest absolute Gasteiger partial charge is 0.291 e. The molecule has 0 bridgehead atoms. The number of hydrogen-bond donors (Lipinski definition) is 0. The first kappa shape index (κ1) is 15.2. The predicted octanol–water partition coefficient (Wildman–Crippen LogP) is 5.03. The second-order valence-electron chi connectivity index (χ2n) is 4.67. The fourth-order valence-electron chi connectivity index (χ4n) is 2.47. The Labute approximate surface area is 130 Å². The first-order chi connectivity index (χ1) is 9.45. The highest BCUT2D eigenvalue weighted by molar-refractivity contribution is 9.10. The molecule has 4 nitrogen and oxygen atoms in total. The molecule has 20 heavy (non-hydrogen) atoms. The van der Waals surface area contributed by atoms with E-state index in [4.69, 9.17) is 11.6 Å². The summed E-state index contributed by atoms with van der Waals surface area (Å²) in [6.45, 7) is 3.85. The molecule has 6 heteroatoms. The van der Waals surface area contributed by atoms with Crippen molar-refractivity contribution in [3.05, 3.63) is 44.5 Å². The number of halogens is 2. The highest BCUT2D eigenvalue weighted by Gasteiger charge is 2.27. The fraction of sp³-hybridized carbons (Fsp3) is 0.357. The summed E-state index contributed by atoms with van der Waals surface area (Å²) in [5.41, 5.74) is 1.45. The summed E-state index contributed by atoms with van der Waals surface area (Å²) in [4.78, 5) is 15.1. The van der Waals surface area contributed by atoms with Crippen molar-refractivity contribution in [1.82, 2.24) is 4.98 Å². The molecule has 2 rings (SSSR count). The minimum atomic E-state index is -0.384. The maximum absolute atomic E-state index is 11.3. The minimum Gasteiger partial charge on any atom is -0.258 e. The summed E-state index contributed by atoms with van der Waals surface area (Å²) in [6, 6.07) is 5.58. The number of alkyl halides is 1. The predicted molar refractivity (Wildman–Crippen MR) is 84.4 cm³/mol. The number of rotatable bonds is 4. The van der Waals surface area contributed by atoms with E-state index in [-0.39, 0.29) is 21.9 Å². The molecule has 0 saturated carbocycles. The Morgan fingerprint density at radius 3 is 2.75 bits per heavy atom. The van der Waals surface area contributed by atoms with Gasteiger partial charge in [0.15, 0.2) is 0 Å². The van der Waals surface area contributed by atoms with E-state index in [1.54, 1.807) is 0 Å². The van der Waals surface area contributed by atoms with Crippen molar-refractivity contribution < 1.29 is 4.92 Å². The van der Waals surface area contributed by atoms with E-state index in [0.29, 0.717) is 5.56 Å². The van der Waals surface area contributed by atoms with E-state index in [1.807, 2.05) is 32.0 Å². The van der Waals surface area contributed by atoms with Gasteiger partial charge in [0.25, 0.3) is 5.69 Å². The maximum Gasteiger partial charge on any atom is 0.291 e. The number of fused-ring (bicyclic) bond motifs is 1. The van der Waals surface area contributed by atoms with Crippen molar-refractivity contribution in [2.75, 3.05) is 0 Å². The lowest BCUT2D eigenvalue weighted by Gasteiger charge is -2.19. The number of nitrogens with zero attached hydrogens (tertiary/aromatic N) is 2. The summed E-state index contributed by atoms with van der Waals surface area (Å²) < 4.78 is 0.866. The van der Waals surface area contributed by atoms with Gasteiger partial charge >= 0.3 is 0 Å². The summed E-state index contributed by atoms with van der Waals surface area (Å²) in [6.07, 6.45) is 2.06. The molecule has 1 aromatic heterocycles. The second-order valence-corrected chi connectivity index (χ2v) is 6.27. The van der Waals surface area contributed by atoms with Crippen molar-refractivity contribution in [3.63, 3.8) is 0 Å². The molecule has 106 valence electrons. The first-order valence-corrected chi connectivity index (χ1v) is 7.55. The molecule has 0 N–H and O–H groups in total. The molecule has 1 heterocycles. The molecular weight excluding hydrogens is 344 g/mol. The van der Waals surface area contributed by atoms with Crippen molar-refractivity contribution in [2.45, 2.75) is 31.6 Å². The van der Waals surface area contributed by atoms with Crippen LogP contribution in [-0.4, -0.2) is 15.3 Å². The Kier molecular flexibility index (Phi) is 4.60. The van der Waals surface area contributed by atoms with E-state index in [2.05, 4.69) is 20.9 Å². The summed E-state index contributed by atoms with van der Waals surface area (Å²) in [7, 11) is 0. The third-order valence-corrected chi connectivity index (χ3v) is 4.21. The van der Waals surface area contributed by atoms with Crippen LogP contribution in [-0.2, 0) is 0 Å². The van der Waals surface area contributed by atoms with E-state index < -0.39 is 0 Å². The van der Waals surface area contributed by atoms with Gasteiger partial charge in [0.2, 0.25) is 0 Å². The van der Waals surface area contributed by atoms with Gasteiger partial charge in [-0.25, -0.2) is 4.98 Å². The van der Waals surface area contributed by atoms with Gasteiger partial charge in [0, 0.05) is 26.7 Å². The average Bonchev–Trinajstić information content (AvgIpc) is 2.39. The SMILES string of the molecule is CCC(c1c([N+](=O)[O-])cnc2ccc(Br)cc12)C(C)Cl. The standard InChI is InChI=1S/C14H14BrClN2O2/c1-3-10(8(2)16)14-11-6-9(15)4-5-12(11)17-7-13(14)18(19)20/h4-8,10H,3H2,1-2H3. The smallest absolute Gasteiger partial charge is 0.258 e. The maximum atomic E-state index is 11.3. The first-order valence-electron chi connectivity index (χ1n) is 6.32. The van der Waals surface area contributed by atoms with Crippen LogP contribution in [0.4, 0.5) is 5.69 Å². The Morgan fingerprint density at radius 2 is 2.20 bits per heavy atom. The van der Waals surface area contributed by atoms with Gasteiger partial charge in [-0.15, -0.1) is 11.6 Å². The average molecular weight is 358 g/mol. The van der Waals surface area contributed by atoms with Crippen LogP contribution in [0.3, 0.4) is 0 Å². The van der Waals surface area contributed by atoms with Crippen LogP contribution >= 0.6 is 27.5 Å². The zero-order chi connectivity index (χ0) is 14.9. The van der Waals surface area contributed by atoms with Gasteiger partial charge in [-0.3, -0.25) is 10.1 Å². The Hall–Kier alpha value is -1.20. The Bertz CT molecular complexity index is 661. The van der Waals surface area contributed by atoms with Crippen LogP contribution in [0.2, 0.25) is 0 Å². The van der Waals surface area contributed by atoms with Gasteiger partial charge in [0.1, 0.15) is 6.20 Å². The molecule has 2 unspecified atom stereocenters. The molecule has 1 aromatic carbocycles. The van der Waals surface area contributed by atoms with Gasteiger partial charge in [-0.1, -0.05) is 22.9 Å². The lowest BCUT2D eigenvalue weighted by molar-refractivity contribution is -0.385. The molecule has 2 atom stereocenters. The zero-order valence-electron chi connectivity index (χ0n) is 11.1. The van der Waals surface area contributed by atoms with E-state index in [0.717, 1.165) is 21.8 Å². The summed E-state index contributed by atoms with van der Waals surface area (Å²) in [5.74, 6) is -0.0862. The number of benzene rings is 1. The third-order valence-electron chi connectivity index (χ3n) is 3.41. The lowest BCUT2D eigenvalue weighted by Crippen LogP contribution is -2.12. The molecule has 0 fully saturated rings. The minimum absolute atomic E-state index is 0.0370. The number of nitro groups is 1. The number of pyridine rings is 1. The van der Waals surface area contributed by atoms with Crippen molar-refractivity contribution in [1.29, 1.82) is 0 Å². The van der Waals surface area contributed by atoms with Gasteiger partial charge in [0.05, 0.1) is 10.4 Å². The molecule has 2 aromatic rings. The molecule has 0 aliphatic carbocycles. The molecule has 0 spiro atoms. The van der Waals surface area contributed by atoms with Crippen LogP contribution in [0.25, 0.3) is 10.9 Å². The highest BCUT2D eigenvalue weighted by Crippen LogP contribution is 2.38. The molecule has 0 saturated heterocycles. The molecule has 0 aliphatic rings. The lowest BCUT2D eigenvalue weighted by atomic mass is 9.89. The third kappa shape index (κ3) is 2.79. The Balaban J connectivity index is 2.83. The van der Waals surface area contributed by atoms with Gasteiger partial charge < -0.3 is 0 Å². The van der Waals surface area contributed by atoms with Crippen LogP contribution in [0.5, 0.6) is 0 Å². The normalized spacial score (nSPS) is 14.2. The topological polar surface area (TPSA) is 56.0 Å². The quantitative estimate of drug-likeness (QED) is 0.438.